The second-order valence-electron chi connectivity index (χ2n) is 5.69. The molecule has 0 fully saturated rings. The Morgan fingerprint density at radius 2 is 1.85 bits per heavy atom. The Bertz CT molecular complexity index is 653. The Hall–Kier alpha value is -1.02. The normalized spacial score (nSPS) is 25.3. The molecule has 0 saturated carbocycles. The molecule has 0 saturated heterocycles. The van der Waals surface area contributed by atoms with Crippen LogP contribution in [0.2, 0.25) is 10.0 Å². The van der Waals surface area contributed by atoms with E-state index in [0.29, 0.717) is 10.0 Å². The molecule has 0 heterocycles. The van der Waals surface area contributed by atoms with Gasteiger partial charge in [0.05, 0.1) is 10.0 Å². The maximum absolute atomic E-state index is 6.25. The Morgan fingerprint density at radius 3 is 2.60 bits per heavy atom. The maximum atomic E-state index is 6.25. The van der Waals surface area contributed by atoms with Gasteiger partial charge in [0.2, 0.25) is 0 Å². The van der Waals surface area contributed by atoms with E-state index >= 15 is 0 Å². The number of hydrogen-bond acceptors (Lipinski definition) is 1. The van der Waals surface area contributed by atoms with E-state index in [1.165, 1.54) is 16.7 Å². The highest BCUT2D eigenvalue weighted by Gasteiger charge is 2.36. The van der Waals surface area contributed by atoms with Crippen molar-refractivity contribution in [3.63, 3.8) is 0 Å². The molecular formula is C17H17Cl2N. The number of halogens is 2. The highest BCUT2D eigenvalue weighted by molar-refractivity contribution is 6.42. The summed E-state index contributed by atoms with van der Waals surface area (Å²) in [5, 5.41) is 1.21. The van der Waals surface area contributed by atoms with Gasteiger partial charge >= 0.3 is 0 Å². The molecule has 0 amide bonds. The molecule has 1 aliphatic rings. The maximum Gasteiger partial charge on any atom is 0.0595 e. The minimum Gasteiger partial charge on any atom is -0.324 e. The van der Waals surface area contributed by atoms with Crippen molar-refractivity contribution in [2.45, 2.75) is 31.2 Å². The van der Waals surface area contributed by atoms with Gasteiger partial charge in [0, 0.05) is 11.5 Å². The van der Waals surface area contributed by atoms with Gasteiger partial charge in [-0.25, -0.2) is 0 Å². The van der Waals surface area contributed by atoms with Crippen LogP contribution in [-0.4, -0.2) is 0 Å². The summed E-state index contributed by atoms with van der Waals surface area (Å²) >= 11 is 12.2. The molecule has 2 N–H and O–H groups in total. The highest BCUT2D eigenvalue weighted by Crippen LogP contribution is 2.46. The van der Waals surface area contributed by atoms with Crippen LogP contribution < -0.4 is 5.73 Å². The first-order chi connectivity index (χ1) is 9.52. The molecule has 1 aliphatic carbocycles. The predicted octanol–water partition coefficient (Wildman–Crippen LogP) is 5.09. The molecular weight excluding hydrogens is 289 g/mol. The van der Waals surface area contributed by atoms with Crippen LogP contribution in [0.15, 0.2) is 42.5 Å². The topological polar surface area (TPSA) is 26.0 Å². The molecule has 0 aromatic heterocycles. The van der Waals surface area contributed by atoms with Crippen LogP contribution in [-0.2, 0) is 5.41 Å². The first-order valence-electron chi connectivity index (χ1n) is 6.83. The Kier molecular flexibility index (Phi) is 3.53. The minimum atomic E-state index is -0.0549. The van der Waals surface area contributed by atoms with Crippen LogP contribution in [0.5, 0.6) is 0 Å². The summed E-state index contributed by atoms with van der Waals surface area (Å²) in [5.41, 5.74) is 9.94. The number of fused-ring (bicyclic) bond motifs is 1. The summed E-state index contributed by atoms with van der Waals surface area (Å²) in [4.78, 5) is 0. The zero-order valence-electron chi connectivity index (χ0n) is 11.4. The number of nitrogens with two attached hydrogens (primary N) is 1. The van der Waals surface area contributed by atoms with Crippen molar-refractivity contribution in [2.75, 3.05) is 0 Å². The third-order valence-electron chi connectivity index (χ3n) is 4.47. The van der Waals surface area contributed by atoms with Gasteiger partial charge in [-0.1, -0.05) is 60.5 Å². The molecule has 0 spiro atoms. The van der Waals surface area contributed by atoms with Gasteiger partial charge in [0.1, 0.15) is 0 Å². The fourth-order valence-electron chi connectivity index (χ4n) is 3.20. The van der Waals surface area contributed by atoms with E-state index in [0.717, 1.165) is 12.8 Å². The van der Waals surface area contributed by atoms with Crippen LogP contribution >= 0.6 is 23.2 Å². The predicted molar refractivity (Wildman–Crippen MR) is 85.5 cm³/mol. The monoisotopic (exact) mass is 305 g/mol. The summed E-state index contributed by atoms with van der Waals surface area (Å²) in [6.07, 6.45) is 2.00. The molecule has 2 aromatic rings. The van der Waals surface area contributed by atoms with Crippen LogP contribution in [0.1, 0.15) is 42.5 Å². The molecule has 3 rings (SSSR count). The average Bonchev–Trinajstić information content (AvgIpc) is 2.46. The Labute approximate surface area is 129 Å². The lowest BCUT2D eigenvalue weighted by molar-refractivity contribution is 0.423. The minimum absolute atomic E-state index is 0.0549. The number of benzene rings is 2. The smallest absolute Gasteiger partial charge is 0.0595 e. The molecule has 20 heavy (non-hydrogen) atoms. The van der Waals surface area contributed by atoms with Crippen molar-refractivity contribution >= 4 is 23.2 Å². The van der Waals surface area contributed by atoms with E-state index in [1.807, 2.05) is 12.1 Å². The second-order valence-corrected chi connectivity index (χ2v) is 6.51. The quantitative estimate of drug-likeness (QED) is 0.780. The molecule has 3 heteroatoms. The van der Waals surface area contributed by atoms with Crippen molar-refractivity contribution in [3.05, 3.63) is 69.2 Å². The van der Waals surface area contributed by atoms with Gasteiger partial charge in [-0.15, -0.1) is 0 Å². The van der Waals surface area contributed by atoms with Crippen molar-refractivity contribution in [1.29, 1.82) is 0 Å². The van der Waals surface area contributed by atoms with Gasteiger partial charge in [0.25, 0.3) is 0 Å². The van der Waals surface area contributed by atoms with Gasteiger partial charge in [0.15, 0.2) is 0 Å². The molecule has 0 radical (unpaired) electrons. The van der Waals surface area contributed by atoms with Crippen LogP contribution in [0, 0.1) is 0 Å². The van der Waals surface area contributed by atoms with Crippen LogP contribution in [0.25, 0.3) is 0 Å². The van der Waals surface area contributed by atoms with E-state index in [4.69, 9.17) is 28.9 Å². The zero-order valence-corrected chi connectivity index (χ0v) is 12.9. The molecule has 104 valence electrons. The molecule has 2 atom stereocenters. The second kappa shape index (κ2) is 5.07. The standard InChI is InChI=1S/C17H17Cl2N/c1-17(11-6-7-14(18)15(19)10-11)9-8-16(20)12-4-2-3-5-13(12)17/h2-7,10,16H,8-9,20H2,1H3/t16-,17?/m1/s1. The van der Waals surface area contributed by atoms with Crippen molar-refractivity contribution in [1.82, 2.24) is 0 Å². The number of rotatable bonds is 1. The summed E-state index contributed by atoms with van der Waals surface area (Å²) in [6, 6.07) is 14.5. The van der Waals surface area contributed by atoms with E-state index in [9.17, 15) is 0 Å². The SMILES string of the molecule is CC1(c2ccc(Cl)c(Cl)c2)CC[C@@H](N)c2ccccc21. The first-order valence-corrected chi connectivity index (χ1v) is 7.58. The molecule has 2 aromatic carbocycles. The summed E-state index contributed by atoms with van der Waals surface area (Å²) in [6.45, 7) is 2.26. The van der Waals surface area contributed by atoms with Crippen LogP contribution in [0.3, 0.4) is 0 Å². The van der Waals surface area contributed by atoms with E-state index in [-0.39, 0.29) is 11.5 Å². The highest BCUT2D eigenvalue weighted by atomic mass is 35.5. The van der Waals surface area contributed by atoms with Gasteiger partial charge < -0.3 is 5.73 Å². The largest absolute Gasteiger partial charge is 0.324 e. The van der Waals surface area contributed by atoms with E-state index < -0.39 is 0 Å². The zero-order chi connectivity index (χ0) is 14.3. The fraction of sp³-hybridized carbons (Fsp3) is 0.294. The third-order valence-corrected chi connectivity index (χ3v) is 5.21. The van der Waals surface area contributed by atoms with Crippen molar-refractivity contribution in [3.8, 4) is 0 Å². The lowest BCUT2D eigenvalue weighted by Crippen LogP contribution is -2.33. The van der Waals surface area contributed by atoms with Gasteiger partial charge in [-0.05, 0) is 41.7 Å². The summed E-state index contributed by atoms with van der Waals surface area (Å²) in [7, 11) is 0. The summed E-state index contributed by atoms with van der Waals surface area (Å²) in [5.74, 6) is 0. The fourth-order valence-corrected chi connectivity index (χ4v) is 3.49. The lowest BCUT2D eigenvalue weighted by Gasteiger charge is -2.39. The van der Waals surface area contributed by atoms with Crippen molar-refractivity contribution in [2.24, 2.45) is 5.73 Å². The lowest BCUT2D eigenvalue weighted by atomic mass is 9.66. The third kappa shape index (κ3) is 2.14. The molecule has 0 bridgehead atoms. The number of hydrogen-bond donors (Lipinski definition) is 1. The molecule has 0 aliphatic heterocycles. The van der Waals surface area contributed by atoms with Crippen LogP contribution in [0.4, 0.5) is 0 Å². The molecule has 1 unspecified atom stereocenters. The molecule has 1 nitrogen and oxygen atoms in total. The van der Waals surface area contributed by atoms with E-state index in [2.05, 4.69) is 37.3 Å². The van der Waals surface area contributed by atoms with Gasteiger partial charge in [-0.2, -0.15) is 0 Å². The van der Waals surface area contributed by atoms with Gasteiger partial charge in [-0.3, -0.25) is 0 Å². The van der Waals surface area contributed by atoms with Crippen molar-refractivity contribution < 1.29 is 0 Å². The summed E-state index contributed by atoms with van der Waals surface area (Å²) < 4.78 is 0. The first kappa shape index (κ1) is 13.9. The Balaban J connectivity index is 2.17. The Morgan fingerprint density at radius 1 is 1.10 bits per heavy atom. The average molecular weight is 306 g/mol. The van der Waals surface area contributed by atoms with E-state index in [1.54, 1.807) is 0 Å².